The highest BCUT2D eigenvalue weighted by atomic mass is 32.2. The van der Waals surface area contributed by atoms with Gasteiger partial charge in [-0.3, -0.25) is 0 Å². The molecule has 3 atom stereocenters. The van der Waals surface area contributed by atoms with Crippen molar-refractivity contribution < 1.29 is 9.47 Å². The number of rotatable bonds is 4. The highest BCUT2D eigenvalue weighted by Crippen LogP contribution is 2.23. The molecule has 16 heavy (non-hydrogen) atoms. The van der Waals surface area contributed by atoms with E-state index in [1.54, 1.807) is 7.11 Å². The molecule has 3 heteroatoms. The number of allylic oxidation sites excluding steroid dienone is 1. The minimum Gasteiger partial charge on any atom is -0.517 e. The fourth-order valence-corrected chi connectivity index (χ4v) is 2.03. The molecule has 2 nitrogen and oxygen atoms in total. The lowest BCUT2D eigenvalue weighted by atomic mass is 9.95. The van der Waals surface area contributed by atoms with Crippen molar-refractivity contribution in [2.75, 3.05) is 13.4 Å². The maximum absolute atomic E-state index is 5.70. The Morgan fingerprint density at radius 3 is 2.75 bits per heavy atom. The molecule has 0 spiro atoms. The molecular formula is C13H21O2S-. The second kappa shape index (κ2) is 7.02. The van der Waals surface area contributed by atoms with E-state index in [2.05, 4.69) is 19.1 Å². The maximum atomic E-state index is 5.70. The Morgan fingerprint density at radius 1 is 1.38 bits per heavy atom. The largest absolute Gasteiger partial charge is 0.517 e. The first-order chi connectivity index (χ1) is 7.65. The van der Waals surface area contributed by atoms with Crippen LogP contribution < -0.4 is 0 Å². The summed E-state index contributed by atoms with van der Waals surface area (Å²) in [4.78, 5) is 0. The van der Waals surface area contributed by atoms with Gasteiger partial charge in [0.1, 0.15) is 6.10 Å². The molecule has 0 aliphatic heterocycles. The maximum Gasteiger partial charge on any atom is 0.116 e. The van der Waals surface area contributed by atoms with Crippen molar-refractivity contribution in [2.24, 2.45) is 5.92 Å². The molecule has 0 saturated heterocycles. The molecule has 3 unspecified atom stereocenters. The van der Waals surface area contributed by atoms with Gasteiger partial charge in [0.15, 0.2) is 0 Å². The molecule has 0 aromatic carbocycles. The molecule has 0 radical (unpaired) electrons. The van der Waals surface area contributed by atoms with E-state index in [0.29, 0.717) is 11.0 Å². The Labute approximate surface area is 103 Å². The van der Waals surface area contributed by atoms with E-state index in [9.17, 15) is 0 Å². The van der Waals surface area contributed by atoms with E-state index in [4.69, 9.17) is 16.1 Å². The number of methoxy groups -OCH3 is 1. The third kappa shape index (κ3) is 4.62. The summed E-state index contributed by atoms with van der Waals surface area (Å²) in [5.41, 5.74) is 0. The Bertz CT molecular complexity index is 250. The van der Waals surface area contributed by atoms with Crippen LogP contribution in [0.15, 0.2) is 17.2 Å². The highest BCUT2D eigenvalue weighted by Gasteiger charge is 2.18. The van der Waals surface area contributed by atoms with Crippen LogP contribution >= 0.6 is 11.8 Å². The predicted molar refractivity (Wildman–Crippen MR) is 69.2 cm³/mol. The van der Waals surface area contributed by atoms with Gasteiger partial charge in [-0.1, -0.05) is 13.0 Å². The predicted octanol–water partition coefficient (Wildman–Crippen LogP) is 3.40. The lowest BCUT2D eigenvalue weighted by Gasteiger charge is -2.27. The fraction of sp³-hybridized carbons (Fsp3) is 0.692. The molecule has 0 aromatic rings. The van der Waals surface area contributed by atoms with Crippen LogP contribution in [0.25, 0.3) is 0 Å². The summed E-state index contributed by atoms with van der Waals surface area (Å²) < 4.78 is 11.1. The normalized spacial score (nSPS) is 32.6. The molecule has 0 bridgehead atoms. The van der Waals surface area contributed by atoms with Crippen LogP contribution in [0, 0.1) is 12.5 Å². The monoisotopic (exact) mass is 241 g/mol. The Kier molecular flexibility index (Phi) is 5.99. The van der Waals surface area contributed by atoms with Gasteiger partial charge in [0.2, 0.25) is 0 Å². The first-order valence-electron chi connectivity index (χ1n) is 5.70. The smallest absolute Gasteiger partial charge is 0.116 e. The van der Waals surface area contributed by atoms with Crippen molar-refractivity contribution in [3.63, 3.8) is 0 Å². The van der Waals surface area contributed by atoms with E-state index in [1.807, 2.05) is 6.26 Å². The van der Waals surface area contributed by atoms with Crippen LogP contribution in [0.3, 0.4) is 0 Å². The van der Waals surface area contributed by atoms with Gasteiger partial charge in [-0.05, 0) is 36.2 Å². The van der Waals surface area contributed by atoms with Gasteiger partial charge in [-0.25, -0.2) is 0 Å². The Morgan fingerprint density at radius 2 is 2.12 bits per heavy atom. The lowest BCUT2D eigenvalue weighted by Crippen LogP contribution is -2.23. The van der Waals surface area contributed by atoms with Crippen LogP contribution in [0.1, 0.15) is 26.2 Å². The molecule has 0 aromatic heterocycles. The summed E-state index contributed by atoms with van der Waals surface area (Å²) in [6.45, 7) is 7.91. The number of ether oxygens (including phenoxy) is 2. The molecule has 0 amide bonds. The van der Waals surface area contributed by atoms with Crippen molar-refractivity contribution in [2.45, 2.75) is 38.4 Å². The molecule has 0 fully saturated rings. The summed E-state index contributed by atoms with van der Waals surface area (Å²) in [7, 11) is 1.76. The third-order valence-corrected chi connectivity index (χ3v) is 3.39. The molecule has 1 aliphatic rings. The quantitative estimate of drug-likeness (QED) is 0.427. The Hall–Kier alpha value is -0.410. The minimum absolute atomic E-state index is 0.0418. The molecule has 0 N–H and O–H groups in total. The standard InChI is InChI=1S/C13H21O2S/c1-10-5-7-12(14-3)9-13(8-6-10)15-11(2)16-4/h2,6,8,10,12-13H,5,7,9H2,1,3-4H3/q-1/b8-6+. The zero-order chi connectivity index (χ0) is 12.0. The highest BCUT2D eigenvalue weighted by molar-refractivity contribution is 8.02. The molecule has 0 saturated carbocycles. The van der Waals surface area contributed by atoms with Crippen LogP contribution in [0.2, 0.25) is 0 Å². The van der Waals surface area contributed by atoms with Gasteiger partial charge in [-0.15, -0.1) is 11.8 Å². The van der Waals surface area contributed by atoms with Gasteiger partial charge < -0.3 is 16.1 Å². The van der Waals surface area contributed by atoms with Crippen LogP contribution in [0.4, 0.5) is 0 Å². The van der Waals surface area contributed by atoms with Crippen molar-refractivity contribution >= 4 is 11.8 Å². The second-order valence-corrected chi connectivity index (χ2v) is 5.02. The average Bonchev–Trinajstić information content (AvgIpc) is 2.28. The van der Waals surface area contributed by atoms with Gasteiger partial charge >= 0.3 is 0 Å². The lowest BCUT2D eigenvalue weighted by molar-refractivity contribution is 0.0419. The van der Waals surface area contributed by atoms with Gasteiger partial charge in [0, 0.05) is 13.5 Å². The Balaban J connectivity index is 2.60. The molecular weight excluding hydrogens is 220 g/mol. The molecule has 1 rings (SSSR count). The topological polar surface area (TPSA) is 18.5 Å². The van der Waals surface area contributed by atoms with E-state index in [1.165, 1.54) is 18.2 Å². The summed E-state index contributed by atoms with van der Waals surface area (Å²) >= 11 is 1.44. The zero-order valence-corrected chi connectivity index (χ0v) is 11.1. The van der Waals surface area contributed by atoms with Gasteiger partial charge in [0.25, 0.3) is 0 Å². The molecule has 0 heterocycles. The van der Waals surface area contributed by atoms with Crippen LogP contribution in [-0.4, -0.2) is 25.6 Å². The summed E-state index contributed by atoms with van der Waals surface area (Å²) in [6, 6.07) is 0. The first-order valence-corrected chi connectivity index (χ1v) is 6.92. The first kappa shape index (κ1) is 13.7. The van der Waals surface area contributed by atoms with Gasteiger partial charge in [0.05, 0.1) is 6.10 Å². The number of hydrogen-bond donors (Lipinski definition) is 0. The zero-order valence-electron chi connectivity index (χ0n) is 10.3. The van der Waals surface area contributed by atoms with Crippen molar-refractivity contribution in [1.82, 2.24) is 0 Å². The summed E-state index contributed by atoms with van der Waals surface area (Å²) in [6.07, 6.45) is 9.68. The number of thioether (sulfide) groups is 1. The molecule has 1 aliphatic carbocycles. The van der Waals surface area contributed by atoms with Crippen molar-refractivity contribution in [3.05, 3.63) is 23.8 Å². The van der Waals surface area contributed by atoms with Crippen molar-refractivity contribution in [1.29, 1.82) is 0 Å². The van der Waals surface area contributed by atoms with Crippen molar-refractivity contribution in [3.8, 4) is 0 Å². The van der Waals surface area contributed by atoms with E-state index >= 15 is 0 Å². The van der Waals surface area contributed by atoms with Gasteiger partial charge in [-0.2, -0.15) is 0 Å². The SMILES string of the molecule is [CH-]=C(OC1/C=C/C(C)CCC(OC)C1)SC. The van der Waals surface area contributed by atoms with E-state index in [-0.39, 0.29) is 12.2 Å². The van der Waals surface area contributed by atoms with E-state index in [0.717, 1.165) is 12.8 Å². The molecule has 92 valence electrons. The summed E-state index contributed by atoms with van der Waals surface area (Å²) in [5.74, 6) is 0.583. The third-order valence-electron chi connectivity index (χ3n) is 2.90. The average molecular weight is 241 g/mol. The fourth-order valence-electron chi connectivity index (χ4n) is 1.81. The minimum atomic E-state index is 0.0418. The van der Waals surface area contributed by atoms with Crippen LogP contribution in [-0.2, 0) is 9.47 Å². The van der Waals surface area contributed by atoms with E-state index < -0.39 is 0 Å². The number of hydrogen-bond acceptors (Lipinski definition) is 3. The summed E-state index contributed by atoms with van der Waals surface area (Å²) in [5, 5.41) is 0.526. The van der Waals surface area contributed by atoms with Crippen LogP contribution in [0.5, 0.6) is 0 Å². The second-order valence-electron chi connectivity index (χ2n) is 4.21.